The van der Waals surface area contributed by atoms with Gasteiger partial charge in [0.05, 0.1) is 32.8 Å². The number of ether oxygens (including phenoxy) is 3. The summed E-state index contributed by atoms with van der Waals surface area (Å²) in [5.74, 6) is 3.66. The first-order valence-corrected chi connectivity index (χ1v) is 11.7. The molecule has 2 unspecified atom stereocenters. The molecule has 1 aromatic heterocycles. The van der Waals surface area contributed by atoms with Gasteiger partial charge in [-0.1, -0.05) is 13.8 Å². The summed E-state index contributed by atoms with van der Waals surface area (Å²) < 4.78 is 18.5. The lowest BCUT2D eigenvalue weighted by Crippen LogP contribution is -2.38. The van der Waals surface area contributed by atoms with Crippen molar-refractivity contribution in [3.63, 3.8) is 0 Å². The van der Waals surface area contributed by atoms with E-state index in [4.69, 9.17) is 14.2 Å². The van der Waals surface area contributed by atoms with Crippen LogP contribution in [0.2, 0.25) is 0 Å². The van der Waals surface area contributed by atoms with Crippen molar-refractivity contribution >= 4 is 5.91 Å². The van der Waals surface area contributed by atoms with Gasteiger partial charge in [-0.05, 0) is 30.5 Å². The van der Waals surface area contributed by atoms with Crippen LogP contribution >= 0.6 is 0 Å². The molecule has 3 heterocycles. The van der Waals surface area contributed by atoms with Gasteiger partial charge in [-0.2, -0.15) is 0 Å². The standard InChI is InChI=1S/C24H35N5O4/c1-16(2)22(25-24(30)17-8-12-33-15-17)23-27-26-21-7-9-28(10-11-29(21)23)14-18-13-19(31-3)5-6-20(18)32-4/h5-6,13,16-17,22H,7-12,14-15H2,1-4H3,(H,25,30). The fourth-order valence-electron chi connectivity index (χ4n) is 4.57. The van der Waals surface area contributed by atoms with Crippen molar-refractivity contribution in [3.8, 4) is 11.5 Å². The number of nitrogens with one attached hydrogen (secondary N) is 1. The number of methoxy groups -OCH3 is 2. The minimum atomic E-state index is -0.177. The predicted molar refractivity (Wildman–Crippen MR) is 123 cm³/mol. The lowest BCUT2D eigenvalue weighted by Gasteiger charge is -2.24. The van der Waals surface area contributed by atoms with E-state index in [0.29, 0.717) is 13.2 Å². The van der Waals surface area contributed by atoms with Gasteiger partial charge in [-0.15, -0.1) is 10.2 Å². The first-order valence-electron chi connectivity index (χ1n) is 11.7. The van der Waals surface area contributed by atoms with Crippen LogP contribution < -0.4 is 14.8 Å². The summed E-state index contributed by atoms with van der Waals surface area (Å²) in [7, 11) is 3.37. The van der Waals surface area contributed by atoms with E-state index in [1.165, 1.54) is 0 Å². The molecule has 1 fully saturated rings. The smallest absolute Gasteiger partial charge is 0.226 e. The van der Waals surface area contributed by atoms with E-state index in [1.807, 2.05) is 18.2 Å². The average molecular weight is 458 g/mol. The highest BCUT2D eigenvalue weighted by atomic mass is 16.5. The quantitative estimate of drug-likeness (QED) is 0.650. The second-order valence-corrected chi connectivity index (χ2v) is 9.12. The highest BCUT2D eigenvalue weighted by Gasteiger charge is 2.31. The van der Waals surface area contributed by atoms with Crippen LogP contribution in [0.1, 0.15) is 43.5 Å². The van der Waals surface area contributed by atoms with Crippen molar-refractivity contribution < 1.29 is 19.0 Å². The van der Waals surface area contributed by atoms with Gasteiger partial charge in [-0.3, -0.25) is 9.69 Å². The van der Waals surface area contributed by atoms with Gasteiger partial charge in [-0.25, -0.2) is 0 Å². The van der Waals surface area contributed by atoms with Crippen molar-refractivity contribution in [2.45, 2.75) is 45.8 Å². The summed E-state index contributed by atoms with van der Waals surface area (Å²) in [5.41, 5.74) is 1.10. The van der Waals surface area contributed by atoms with Crippen molar-refractivity contribution in [3.05, 3.63) is 35.4 Å². The number of benzene rings is 1. The number of aromatic nitrogens is 3. The Morgan fingerprint density at radius 2 is 2.06 bits per heavy atom. The Morgan fingerprint density at radius 3 is 2.76 bits per heavy atom. The summed E-state index contributed by atoms with van der Waals surface area (Å²) in [6, 6.07) is 5.72. The number of carbonyl (C=O) groups excluding carboxylic acids is 1. The number of rotatable bonds is 8. The molecule has 9 heteroatoms. The zero-order chi connectivity index (χ0) is 23.4. The Bertz CT molecular complexity index is 954. The third kappa shape index (κ3) is 5.30. The first-order chi connectivity index (χ1) is 16.0. The molecule has 9 nitrogen and oxygen atoms in total. The summed E-state index contributed by atoms with van der Waals surface area (Å²) >= 11 is 0. The van der Waals surface area contributed by atoms with Crippen molar-refractivity contribution in [1.29, 1.82) is 0 Å². The maximum Gasteiger partial charge on any atom is 0.226 e. The minimum absolute atomic E-state index is 0.0453. The van der Waals surface area contributed by atoms with E-state index in [0.717, 1.165) is 67.7 Å². The van der Waals surface area contributed by atoms with Gasteiger partial charge in [0, 0.05) is 44.8 Å². The van der Waals surface area contributed by atoms with Crippen LogP contribution in [0.4, 0.5) is 0 Å². The molecule has 4 rings (SSSR count). The Balaban J connectivity index is 1.47. The molecule has 2 aliphatic heterocycles. The molecule has 2 aliphatic rings. The van der Waals surface area contributed by atoms with E-state index in [-0.39, 0.29) is 23.8 Å². The van der Waals surface area contributed by atoms with Gasteiger partial charge in [0.1, 0.15) is 17.3 Å². The van der Waals surface area contributed by atoms with Crippen LogP contribution in [0.25, 0.3) is 0 Å². The summed E-state index contributed by atoms with van der Waals surface area (Å²) in [4.78, 5) is 15.2. The maximum absolute atomic E-state index is 12.8. The largest absolute Gasteiger partial charge is 0.497 e. The Labute approximate surface area is 195 Å². The number of amides is 1. The number of fused-ring (bicyclic) bond motifs is 1. The fraction of sp³-hybridized carbons (Fsp3) is 0.625. The average Bonchev–Trinajstić information content (AvgIpc) is 3.45. The number of carbonyl (C=O) groups is 1. The van der Waals surface area contributed by atoms with E-state index in [2.05, 4.69) is 38.8 Å². The lowest BCUT2D eigenvalue weighted by molar-refractivity contribution is -0.126. The van der Waals surface area contributed by atoms with Crippen LogP contribution in [0.5, 0.6) is 11.5 Å². The Kier molecular flexibility index (Phi) is 7.49. The van der Waals surface area contributed by atoms with Crippen LogP contribution in [0, 0.1) is 11.8 Å². The Morgan fingerprint density at radius 1 is 1.21 bits per heavy atom. The molecule has 33 heavy (non-hydrogen) atoms. The van der Waals surface area contributed by atoms with Crippen molar-refractivity contribution in [2.24, 2.45) is 11.8 Å². The van der Waals surface area contributed by atoms with Crippen LogP contribution in [0.3, 0.4) is 0 Å². The van der Waals surface area contributed by atoms with Crippen molar-refractivity contribution in [1.82, 2.24) is 25.0 Å². The molecule has 1 N–H and O–H groups in total. The number of hydrogen-bond donors (Lipinski definition) is 1. The molecule has 0 aliphatic carbocycles. The SMILES string of the molecule is COc1ccc(OC)c(CN2CCc3nnc(C(NC(=O)C4CCOC4)C(C)C)n3CC2)c1. The molecule has 180 valence electrons. The van der Waals surface area contributed by atoms with Crippen LogP contribution in [-0.4, -0.2) is 66.1 Å². The third-order valence-electron chi connectivity index (χ3n) is 6.57. The lowest BCUT2D eigenvalue weighted by atomic mass is 10.0. The fourth-order valence-corrected chi connectivity index (χ4v) is 4.57. The van der Waals surface area contributed by atoms with E-state index in [9.17, 15) is 4.79 Å². The van der Waals surface area contributed by atoms with Gasteiger partial charge >= 0.3 is 0 Å². The zero-order valence-electron chi connectivity index (χ0n) is 20.0. The summed E-state index contributed by atoms with van der Waals surface area (Å²) in [6.07, 6.45) is 1.58. The molecular formula is C24H35N5O4. The first kappa shape index (κ1) is 23.5. The van der Waals surface area contributed by atoms with Gasteiger partial charge < -0.3 is 24.1 Å². The summed E-state index contributed by atoms with van der Waals surface area (Å²) in [5, 5.41) is 12.2. The molecule has 2 aromatic rings. The second kappa shape index (κ2) is 10.5. The van der Waals surface area contributed by atoms with Gasteiger partial charge in [0.2, 0.25) is 5.91 Å². The molecule has 0 spiro atoms. The highest BCUT2D eigenvalue weighted by Crippen LogP contribution is 2.27. The van der Waals surface area contributed by atoms with Crippen LogP contribution in [-0.2, 0) is 29.0 Å². The maximum atomic E-state index is 12.8. The minimum Gasteiger partial charge on any atom is -0.497 e. The Hall–Kier alpha value is -2.65. The van der Waals surface area contributed by atoms with Gasteiger partial charge in [0.15, 0.2) is 5.82 Å². The number of nitrogens with zero attached hydrogens (tertiary/aromatic N) is 4. The van der Waals surface area contributed by atoms with Crippen molar-refractivity contribution in [2.75, 3.05) is 40.5 Å². The molecule has 0 radical (unpaired) electrons. The second-order valence-electron chi connectivity index (χ2n) is 9.12. The predicted octanol–water partition coefficient (Wildman–Crippen LogP) is 2.20. The highest BCUT2D eigenvalue weighted by molar-refractivity contribution is 5.79. The van der Waals surface area contributed by atoms with E-state index >= 15 is 0 Å². The normalized spacial score (nSPS) is 19.7. The van der Waals surface area contributed by atoms with Crippen LogP contribution in [0.15, 0.2) is 18.2 Å². The number of hydrogen-bond acceptors (Lipinski definition) is 7. The molecule has 1 amide bonds. The van der Waals surface area contributed by atoms with Gasteiger partial charge in [0.25, 0.3) is 0 Å². The zero-order valence-corrected chi connectivity index (χ0v) is 20.0. The molecular weight excluding hydrogens is 422 g/mol. The molecule has 0 bridgehead atoms. The molecule has 1 aromatic carbocycles. The monoisotopic (exact) mass is 457 g/mol. The third-order valence-corrected chi connectivity index (χ3v) is 6.57. The molecule has 2 atom stereocenters. The van der Waals surface area contributed by atoms with E-state index in [1.54, 1.807) is 14.2 Å². The molecule has 0 saturated carbocycles. The summed E-state index contributed by atoms with van der Waals surface area (Å²) in [6.45, 7) is 8.63. The molecule has 1 saturated heterocycles. The topological polar surface area (TPSA) is 90.7 Å². The van der Waals surface area contributed by atoms with E-state index < -0.39 is 0 Å².